The van der Waals surface area contributed by atoms with Crippen LogP contribution in [0.4, 0.5) is 11.6 Å². The summed E-state index contributed by atoms with van der Waals surface area (Å²) in [7, 11) is 0. The highest BCUT2D eigenvalue weighted by atomic mass is 15.2. The highest BCUT2D eigenvalue weighted by Crippen LogP contribution is 2.30. The van der Waals surface area contributed by atoms with Gasteiger partial charge in [0.1, 0.15) is 11.6 Å². The van der Waals surface area contributed by atoms with Crippen LogP contribution < -0.4 is 10.2 Å². The molecule has 1 aliphatic rings. The second-order valence-corrected chi connectivity index (χ2v) is 5.88. The fourth-order valence-electron chi connectivity index (χ4n) is 2.47. The number of piperidine rings is 1. The summed E-state index contributed by atoms with van der Waals surface area (Å²) >= 11 is 0. The van der Waals surface area contributed by atoms with E-state index >= 15 is 0 Å². The average molecular weight is 248 g/mol. The van der Waals surface area contributed by atoms with E-state index in [0.29, 0.717) is 5.41 Å². The summed E-state index contributed by atoms with van der Waals surface area (Å²) in [6.07, 6.45) is 7.31. The van der Waals surface area contributed by atoms with Crippen molar-refractivity contribution in [1.82, 2.24) is 9.97 Å². The largest absolute Gasteiger partial charge is 0.369 e. The minimum Gasteiger partial charge on any atom is -0.369 e. The maximum absolute atomic E-state index is 4.65. The van der Waals surface area contributed by atoms with Crippen molar-refractivity contribution >= 4 is 11.6 Å². The van der Waals surface area contributed by atoms with Gasteiger partial charge in [-0.15, -0.1) is 0 Å². The van der Waals surface area contributed by atoms with Gasteiger partial charge in [-0.1, -0.05) is 20.8 Å². The Labute approximate surface area is 110 Å². The van der Waals surface area contributed by atoms with Crippen LogP contribution in [0.15, 0.2) is 12.4 Å². The fourth-order valence-corrected chi connectivity index (χ4v) is 2.47. The van der Waals surface area contributed by atoms with Gasteiger partial charge >= 0.3 is 0 Å². The molecule has 18 heavy (non-hydrogen) atoms. The van der Waals surface area contributed by atoms with E-state index in [9.17, 15) is 0 Å². The van der Waals surface area contributed by atoms with Crippen LogP contribution in [0.3, 0.4) is 0 Å². The molecule has 0 bridgehead atoms. The average Bonchev–Trinajstić information content (AvgIpc) is 2.35. The molecule has 100 valence electrons. The second kappa shape index (κ2) is 5.55. The van der Waals surface area contributed by atoms with E-state index in [1.54, 1.807) is 6.20 Å². The number of rotatable bonds is 4. The highest BCUT2D eigenvalue weighted by molar-refractivity contribution is 5.44. The SMILES string of the molecule is CCCNc1cncc(N2CCCC(C)(C)C2)n1. The Morgan fingerprint density at radius 3 is 2.94 bits per heavy atom. The summed E-state index contributed by atoms with van der Waals surface area (Å²) in [5.74, 6) is 1.89. The van der Waals surface area contributed by atoms with Crippen molar-refractivity contribution in [3.05, 3.63) is 12.4 Å². The van der Waals surface area contributed by atoms with Crippen LogP contribution in [0.25, 0.3) is 0 Å². The summed E-state index contributed by atoms with van der Waals surface area (Å²) in [5, 5.41) is 3.29. The number of anilines is 2. The number of nitrogens with one attached hydrogen (secondary N) is 1. The number of hydrogen-bond donors (Lipinski definition) is 1. The molecule has 0 radical (unpaired) electrons. The van der Waals surface area contributed by atoms with Gasteiger partial charge in [0, 0.05) is 19.6 Å². The quantitative estimate of drug-likeness (QED) is 0.889. The second-order valence-electron chi connectivity index (χ2n) is 5.88. The van der Waals surface area contributed by atoms with Crippen molar-refractivity contribution in [2.24, 2.45) is 5.41 Å². The topological polar surface area (TPSA) is 41.1 Å². The van der Waals surface area contributed by atoms with E-state index in [1.165, 1.54) is 12.8 Å². The first-order chi connectivity index (χ1) is 8.61. The molecule has 1 N–H and O–H groups in total. The van der Waals surface area contributed by atoms with Crippen LogP contribution in [-0.4, -0.2) is 29.6 Å². The van der Waals surface area contributed by atoms with Gasteiger partial charge < -0.3 is 10.2 Å². The van der Waals surface area contributed by atoms with Gasteiger partial charge in [0.25, 0.3) is 0 Å². The van der Waals surface area contributed by atoms with Crippen LogP contribution in [0.2, 0.25) is 0 Å². The molecular weight excluding hydrogens is 224 g/mol. The van der Waals surface area contributed by atoms with E-state index in [4.69, 9.17) is 0 Å². The Balaban J connectivity index is 2.07. The Kier molecular flexibility index (Phi) is 4.04. The maximum atomic E-state index is 4.65. The Morgan fingerprint density at radius 1 is 1.39 bits per heavy atom. The van der Waals surface area contributed by atoms with Crippen molar-refractivity contribution in [2.45, 2.75) is 40.0 Å². The van der Waals surface area contributed by atoms with E-state index in [-0.39, 0.29) is 0 Å². The molecule has 1 fully saturated rings. The zero-order chi connectivity index (χ0) is 13.0. The third kappa shape index (κ3) is 3.34. The molecule has 1 aliphatic heterocycles. The van der Waals surface area contributed by atoms with Gasteiger partial charge in [-0.3, -0.25) is 4.98 Å². The Morgan fingerprint density at radius 2 is 2.22 bits per heavy atom. The molecule has 0 saturated carbocycles. The predicted octanol–water partition coefficient (Wildman–Crippen LogP) is 2.92. The molecule has 1 aromatic rings. The van der Waals surface area contributed by atoms with Crippen molar-refractivity contribution in [3.63, 3.8) is 0 Å². The third-order valence-electron chi connectivity index (χ3n) is 3.40. The zero-order valence-corrected chi connectivity index (χ0v) is 11.7. The monoisotopic (exact) mass is 248 g/mol. The van der Waals surface area contributed by atoms with Crippen LogP contribution in [0, 0.1) is 5.41 Å². The van der Waals surface area contributed by atoms with Crippen LogP contribution >= 0.6 is 0 Å². The van der Waals surface area contributed by atoms with Crippen LogP contribution in [-0.2, 0) is 0 Å². The molecular formula is C14H24N4. The standard InChI is InChI=1S/C14H24N4/c1-4-7-16-12-9-15-10-13(17-12)18-8-5-6-14(2,3)11-18/h9-10H,4-8,11H2,1-3H3,(H,16,17). The molecule has 4 nitrogen and oxygen atoms in total. The van der Waals surface area contributed by atoms with Crippen molar-refractivity contribution < 1.29 is 0 Å². The van der Waals surface area contributed by atoms with Gasteiger partial charge in [-0.2, -0.15) is 0 Å². The summed E-state index contributed by atoms with van der Waals surface area (Å²) < 4.78 is 0. The lowest BCUT2D eigenvalue weighted by molar-refractivity contribution is 0.292. The zero-order valence-electron chi connectivity index (χ0n) is 11.7. The molecule has 1 aromatic heterocycles. The lowest BCUT2D eigenvalue weighted by Gasteiger charge is -2.38. The molecule has 2 rings (SSSR count). The predicted molar refractivity (Wildman–Crippen MR) is 76.0 cm³/mol. The van der Waals surface area contributed by atoms with Gasteiger partial charge in [0.2, 0.25) is 0 Å². The minimum absolute atomic E-state index is 0.382. The molecule has 4 heteroatoms. The number of nitrogens with zero attached hydrogens (tertiary/aromatic N) is 3. The molecule has 0 unspecified atom stereocenters. The van der Waals surface area contributed by atoms with Crippen molar-refractivity contribution in [1.29, 1.82) is 0 Å². The van der Waals surface area contributed by atoms with Crippen LogP contribution in [0.1, 0.15) is 40.0 Å². The smallest absolute Gasteiger partial charge is 0.149 e. The Hall–Kier alpha value is -1.32. The lowest BCUT2D eigenvalue weighted by atomic mass is 9.84. The van der Waals surface area contributed by atoms with Gasteiger partial charge in [-0.25, -0.2) is 4.98 Å². The van der Waals surface area contributed by atoms with Gasteiger partial charge in [0.15, 0.2) is 0 Å². The first-order valence-corrected chi connectivity index (χ1v) is 6.91. The summed E-state index contributed by atoms with van der Waals surface area (Å²) in [5.41, 5.74) is 0.382. The Bertz CT molecular complexity index is 389. The molecule has 1 saturated heterocycles. The number of aromatic nitrogens is 2. The molecule has 0 amide bonds. The van der Waals surface area contributed by atoms with Crippen molar-refractivity contribution in [3.8, 4) is 0 Å². The van der Waals surface area contributed by atoms with E-state index < -0.39 is 0 Å². The molecule has 2 heterocycles. The van der Waals surface area contributed by atoms with E-state index in [0.717, 1.165) is 37.7 Å². The molecule has 0 aliphatic carbocycles. The molecule has 0 atom stereocenters. The normalized spacial score (nSPS) is 18.7. The van der Waals surface area contributed by atoms with Gasteiger partial charge in [0.05, 0.1) is 12.4 Å². The highest BCUT2D eigenvalue weighted by Gasteiger charge is 2.27. The third-order valence-corrected chi connectivity index (χ3v) is 3.40. The van der Waals surface area contributed by atoms with E-state index in [2.05, 4.69) is 41.0 Å². The lowest BCUT2D eigenvalue weighted by Crippen LogP contribution is -2.40. The molecule has 0 aromatic carbocycles. The van der Waals surface area contributed by atoms with E-state index in [1.807, 2.05) is 6.20 Å². The number of hydrogen-bond acceptors (Lipinski definition) is 4. The van der Waals surface area contributed by atoms with Crippen LogP contribution in [0.5, 0.6) is 0 Å². The summed E-state index contributed by atoms with van der Waals surface area (Å²) in [6, 6.07) is 0. The first kappa shape index (κ1) is 13.1. The minimum atomic E-state index is 0.382. The summed E-state index contributed by atoms with van der Waals surface area (Å²) in [6.45, 7) is 9.91. The first-order valence-electron chi connectivity index (χ1n) is 6.91. The fraction of sp³-hybridized carbons (Fsp3) is 0.714. The summed E-state index contributed by atoms with van der Waals surface area (Å²) in [4.78, 5) is 11.3. The van der Waals surface area contributed by atoms with Crippen molar-refractivity contribution in [2.75, 3.05) is 29.9 Å². The molecule has 0 spiro atoms. The maximum Gasteiger partial charge on any atom is 0.149 e. The van der Waals surface area contributed by atoms with Gasteiger partial charge in [-0.05, 0) is 24.7 Å².